The van der Waals surface area contributed by atoms with Crippen molar-refractivity contribution in [3.63, 3.8) is 0 Å². The Hall–Kier alpha value is -3.85. The number of ether oxygens (including phenoxy) is 1. The van der Waals surface area contributed by atoms with Gasteiger partial charge in [-0.3, -0.25) is 0 Å². The summed E-state index contributed by atoms with van der Waals surface area (Å²) < 4.78 is 20.5. The number of methoxy groups -OCH3 is 1. The lowest BCUT2D eigenvalue weighted by Gasteiger charge is -2.09. The molecule has 0 saturated carbocycles. The summed E-state index contributed by atoms with van der Waals surface area (Å²) in [6, 6.07) is 16.1. The Balaban J connectivity index is 1.77. The Morgan fingerprint density at radius 1 is 1.17 bits per heavy atom. The van der Waals surface area contributed by atoms with Gasteiger partial charge < -0.3 is 14.3 Å². The lowest BCUT2D eigenvalue weighted by atomic mass is 10.1. The van der Waals surface area contributed by atoms with Gasteiger partial charge in [-0.2, -0.15) is 5.26 Å². The van der Waals surface area contributed by atoms with Crippen LogP contribution in [0, 0.1) is 31.0 Å². The van der Waals surface area contributed by atoms with Gasteiger partial charge in [0, 0.05) is 23.1 Å². The van der Waals surface area contributed by atoms with E-state index in [9.17, 15) is 9.65 Å². The highest BCUT2D eigenvalue weighted by atomic mass is 19.1. The van der Waals surface area contributed by atoms with Gasteiger partial charge >= 0.3 is 0 Å². The molecular formula is C23H19FN4O. The molecule has 2 aromatic carbocycles. The van der Waals surface area contributed by atoms with E-state index in [0.717, 1.165) is 39.4 Å². The van der Waals surface area contributed by atoms with Crippen LogP contribution in [-0.4, -0.2) is 21.6 Å². The van der Waals surface area contributed by atoms with Gasteiger partial charge in [0.05, 0.1) is 23.7 Å². The van der Waals surface area contributed by atoms with Gasteiger partial charge in [0.25, 0.3) is 0 Å². The molecule has 2 heterocycles. The molecule has 2 aromatic heterocycles. The van der Waals surface area contributed by atoms with Gasteiger partial charge in [0.1, 0.15) is 23.5 Å². The quantitative estimate of drug-likeness (QED) is 0.491. The van der Waals surface area contributed by atoms with Gasteiger partial charge in [0.15, 0.2) is 0 Å². The average Bonchev–Trinajstić information content (AvgIpc) is 3.26. The first-order chi connectivity index (χ1) is 14.0. The molecule has 0 saturated heterocycles. The third kappa shape index (κ3) is 3.39. The molecule has 0 fully saturated rings. The summed E-state index contributed by atoms with van der Waals surface area (Å²) in [7, 11) is 1.61. The smallest absolute Gasteiger partial charge is 0.149 e. The average molecular weight is 386 g/mol. The van der Waals surface area contributed by atoms with Crippen molar-refractivity contribution in [1.82, 2.24) is 14.5 Å². The molecule has 0 aliphatic rings. The molecule has 0 spiro atoms. The highest BCUT2D eigenvalue weighted by Crippen LogP contribution is 2.26. The summed E-state index contributed by atoms with van der Waals surface area (Å²) >= 11 is 0. The van der Waals surface area contributed by atoms with Crippen molar-refractivity contribution in [2.75, 3.05) is 7.11 Å². The number of aryl methyl sites for hydroxylation is 1. The second kappa shape index (κ2) is 7.28. The van der Waals surface area contributed by atoms with Gasteiger partial charge in [-0.15, -0.1) is 0 Å². The number of nitrogens with one attached hydrogen (secondary N) is 1. The molecule has 144 valence electrons. The number of aromatic amines is 1. The predicted octanol–water partition coefficient (Wildman–Crippen LogP) is 5.18. The van der Waals surface area contributed by atoms with Gasteiger partial charge in [-0.25, -0.2) is 9.37 Å². The minimum Gasteiger partial charge on any atom is -0.497 e. The number of hydrogen-bond acceptors (Lipinski definition) is 3. The molecule has 6 heteroatoms. The standard InChI is InChI=1S/C23H19FN4O/c1-14-10-16(15(2)28(14)19-6-4-18(24)5-7-19)11-17(13-25)23-26-21-9-8-20(29-3)12-22(21)27-23/h4-12H,1-3H3,(H,26,27)/b17-11-. The SMILES string of the molecule is COc1ccc2nc(/C(C#N)=C\c3cc(C)n(-c4ccc(F)cc4)c3C)[nH]c2c1. The van der Waals surface area contributed by atoms with Gasteiger partial charge in [0.2, 0.25) is 0 Å². The number of allylic oxidation sites excluding steroid dienone is 1. The number of nitrogens with zero attached hydrogens (tertiary/aromatic N) is 3. The number of rotatable bonds is 4. The van der Waals surface area contributed by atoms with Crippen LogP contribution in [-0.2, 0) is 0 Å². The van der Waals surface area contributed by atoms with Crippen LogP contribution in [0.25, 0.3) is 28.4 Å². The summed E-state index contributed by atoms with van der Waals surface area (Å²) in [6.07, 6.45) is 1.82. The van der Waals surface area contributed by atoms with E-state index in [-0.39, 0.29) is 5.82 Å². The maximum atomic E-state index is 13.3. The number of H-pyrrole nitrogens is 1. The Bertz CT molecular complexity index is 1270. The Kier molecular flexibility index (Phi) is 4.65. The van der Waals surface area contributed by atoms with Crippen molar-refractivity contribution >= 4 is 22.7 Å². The first-order valence-electron chi connectivity index (χ1n) is 9.11. The largest absolute Gasteiger partial charge is 0.497 e. The summed E-state index contributed by atoms with van der Waals surface area (Å²) in [5, 5.41) is 9.73. The van der Waals surface area contributed by atoms with Crippen molar-refractivity contribution in [1.29, 1.82) is 5.26 Å². The van der Waals surface area contributed by atoms with Crippen LogP contribution in [0.4, 0.5) is 4.39 Å². The number of halogens is 1. The minimum absolute atomic E-state index is 0.274. The molecule has 0 aliphatic heterocycles. The lowest BCUT2D eigenvalue weighted by molar-refractivity contribution is 0.415. The van der Waals surface area contributed by atoms with Crippen LogP contribution in [0.2, 0.25) is 0 Å². The van der Waals surface area contributed by atoms with E-state index in [2.05, 4.69) is 16.0 Å². The van der Waals surface area contributed by atoms with Crippen LogP contribution in [0.5, 0.6) is 5.75 Å². The van der Waals surface area contributed by atoms with E-state index in [4.69, 9.17) is 4.74 Å². The lowest BCUT2D eigenvalue weighted by Crippen LogP contribution is -1.99. The molecule has 0 radical (unpaired) electrons. The van der Waals surface area contributed by atoms with E-state index in [1.165, 1.54) is 12.1 Å². The second-order valence-electron chi connectivity index (χ2n) is 6.78. The molecule has 5 nitrogen and oxygen atoms in total. The number of hydrogen-bond donors (Lipinski definition) is 1. The molecule has 0 amide bonds. The van der Waals surface area contributed by atoms with E-state index in [0.29, 0.717) is 11.4 Å². The summed E-state index contributed by atoms with van der Waals surface area (Å²) in [5.74, 6) is 0.949. The monoisotopic (exact) mass is 386 g/mol. The normalized spacial score (nSPS) is 11.6. The summed E-state index contributed by atoms with van der Waals surface area (Å²) in [5.41, 5.74) is 5.72. The number of imidazole rings is 1. The van der Waals surface area contributed by atoms with E-state index in [1.54, 1.807) is 19.2 Å². The third-order valence-corrected chi connectivity index (χ3v) is 4.92. The van der Waals surface area contributed by atoms with E-state index >= 15 is 0 Å². The molecule has 0 bridgehead atoms. The van der Waals surface area contributed by atoms with Crippen molar-refractivity contribution in [2.24, 2.45) is 0 Å². The van der Waals surface area contributed by atoms with Gasteiger partial charge in [-0.1, -0.05) is 0 Å². The Morgan fingerprint density at radius 3 is 2.62 bits per heavy atom. The van der Waals surface area contributed by atoms with Crippen LogP contribution in [0.1, 0.15) is 22.8 Å². The highest BCUT2D eigenvalue weighted by Gasteiger charge is 2.13. The predicted molar refractivity (Wildman–Crippen MR) is 111 cm³/mol. The number of nitriles is 1. The summed E-state index contributed by atoms with van der Waals surface area (Å²) in [4.78, 5) is 7.72. The van der Waals surface area contributed by atoms with Crippen LogP contribution < -0.4 is 4.74 Å². The zero-order chi connectivity index (χ0) is 20.5. The number of fused-ring (bicyclic) bond motifs is 1. The van der Waals surface area contributed by atoms with Crippen molar-refractivity contribution < 1.29 is 9.13 Å². The summed E-state index contributed by atoms with van der Waals surface area (Å²) in [6.45, 7) is 3.95. The van der Waals surface area contributed by atoms with Gasteiger partial charge in [-0.05, 0) is 68.0 Å². The maximum Gasteiger partial charge on any atom is 0.149 e. The highest BCUT2D eigenvalue weighted by molar-refractivity contribution is 5.91. The molecule has 4 aromatic rings. The Morgan fingerprint density at radius 2 is 1.93 bits per heavy atom. The topological polar surface area (TPSA) is 66.6 Å². The van der Waals surface area contributed by atoms with Crippen molar-refractivity contribution in [3.05, 3.63) is 77.1 Å². The van der Waals surface area contributed by atoms with Crippen molar-refractivity contribution in [3.8, 4) is 17.5 Å². The fourth-order valence-electron chi connectivity index (χ4n) is 3.47. The van der Waals surface area contributed by atoms with Crippen LogP contribution in [0.15, 0.2) is 48.5 Å². The molecule has 0 aliphatic carbocycles. The maximum absolute atomic E-state index is 13.3. The van der Waals surface area contributed by atoms with E-state index < -0.39 is 0 Å². The van der Waals surface area contributed by atoms with Crippen LogP contribution in [0.3, 0.4) is 0 Å². The molecule has 0 atom stereocenters. The first-order valence-corrected chi connectivity index (χ1v) is 9.11. The number of benzene rings is 2. The number of aromatic nitrogens is 3. The molecule has 4 rings (SSSR count). The molecule has 29 heavy (non-hydrogen) atoms. The van der Waals surface area contributed by atoms with E-state index in [1.807, 2.05) is 48.8 Å². The minimum atomic E-state index is -0.274. The fraction of sp³-hybridized carbons (Fsp3) is 0.130. The Labute approximate surface area is 167 Å². The molecule has 1 N–H and O–H groups in total. The van der Waals surface area contributed by atoms with Crippen molar-refractivity contribution in [2.45, 2.75) is 13.8 Å². The zero-order valence-corrected chi connectivity index (χ0v) is 16.3. The second-order valence-corrected chi connectivity index (χ2v) is 6.78. The fourth-order valence-corrected chi connectivity index (χ4v) is 3.47. The first kappa shape index (κ1) is 18.5. The zero-order valence-electron chi connectivity index (χ0n) is 16.3. The molecule has 0 unspecified atom stereocenters. The third-order valence-electron chi connectivity index (χ3n) is 4.92. The van der Waals surface area contributed by atoms with Crippen LogP contribution >= 0.6 is 0 Å². The molecular weight excluding hydrogens is 367 g/mol.